The van der Waals surface area contributed by atoms with Crippen molar-refractivity contribution >= 4 is 6.03 Å². The molecule has 1 aliphatic rings. The molecule has 1 atom stereocenters. The highest BCUT2D eigenvalue weighted by molar-refractivity contribution is 5.74. The lowest BCUT2D eigenvalue weighted by Gasteiger charge is -2.31. The molecule has 1 rings (SSSR count). The van der Waals surface area contributed by atoms with Crippen molar-refractivity contribution in [3.05, 3.63) is 0 Å². The summed E-state index contributed by atoms with van der Waals surface area (Å²) in [6.07, 6.45) is 0.0740. The third-order valence-corrected chi connectivity index (χ3v) is 1.90. The van der Waals surface area contributed by atoms with Gasteiger partial charge in [-0.05, 0) is 6.92 Å². The molecule has 5 heteroatoms. The molecule has 1 fully saturated rings. The van der Waals surface area contributed by atoms with E-state index in [1.165, 1.54) is 0 Å². The molecule has 4 nitrogen and oxygen atoms in total. The van der Waals surface area contributed by atoms with Gasteiger partial charge in [0.25, 0.3) is 0 Å². The van der Waals surface area contributed by atoms with Crippen molar-refractivity contribution in [3.63, 3.8) is 0 Å². The summed E-state index contributed by atoms with van der Waals surface area (Å²) in [5, 5.41) is 2.48. The van der Waals surface area contributed by atoms with Crippen molar-refractivity contribution in [1.29, 1.82) is 0 Å². The summed E-state index contributed by atoms with van der Waals surface area (Å²) in [5.74, 6) is 0. The predicted molar refractivity (Wildman–Crippen MR) is 46.4 cm³/mol. The predicted octanol–water partition coefficient (Wildman–Crippen LogP) is 0.386. The van der Waals surface area contributed by atoms with Crippen molar-refractivity contribution in [2.24, 2.45) is 0 Å². The second kappa shape index (κ2) is 5.01. The van der Waals surface area contributed by atoms with E-state index < -0.39 is 6.67 Å². The van der Waals surface area contributed by atoms with E-state index in [1.807, 2.05) is 6.92 Å². The van der Waals surface area contributed by atoms with Gasteiger partial charge in [0.2, 0.25) is 0 Å². The number of nitrogens with zero attached hydrogens (tertiary/aromatic N) is 1. The van der Waals surface area contributed by atoms with Crippen molar-refractivity contribution in [2.45, 2.75) is 13.0 Å². The zero-order valence-electron chi connectivity index (χ0n) is 7.75. The molecule has 0 aliphatic carbocycles. The van der Waals surface area contributed by atoms with Crippen LogP contribution < -0.4 is 5.32 Å². The molecule has 0 aromatic carbocycles. The summed E-state index contributed by atoms with van der Waals surface area (Å²) < 4.78 is 17.0. The summed E-state index contributed by atoms with van der Waals surface area (Å²) in [6.45, 7) is 3.20. The van der Waals surface area contributed by atoms with Gasteiger partial charge in [-0.15, -0.1) is 0 Å². The largest absolute Gasteiger partial charge is 0.375 e. The van der Waals surface area contributed by atoms with Crippen LogP contribution in [-0.4, -0.2) is 50.0 Å². The van der Waals surface area contributed by atoms with Gasteiger partial charge in [0.05, 0.1) is 12.7 Å². The number of carbonyl (C=O) groups is 1. The molecule has 1 unspecified atom stereocenters. The summed E-state index contributed by atoms with van der Waals surface area (Å²) in [7, 11) is 0. The second-order valence-electron chi connectivity index (χ2n) is 3.05. The van der Waals surface area contributed by atoms with Gasteiger partial charge in [-0.1, -0.05) is 0 Å². The Hall–Kier alpha value is -0.840. The van der Waals surface area contributed by atoms with Gasteiger partial charge in [-0.2, -0.15) is 0 Å². The molecular formula is C8H15FN2O2. The number of alkyl halides is 1. The van der Waals surface area contributed by atoms with Gasteiger partial charge >= 0.3 is 6.03 Å². The smallest absolute Gasteiger partial charge is 0.317 e. The highest BCUT2D eigenvalue weighted by Crippen LogP contribution is 2.03. The first-order valence-corrected chi connectivity index (χ1v) is 4.44. The van der Waals surface area contributed by atoms with E-state index in [0.717, 1.165) is 0 Å². The monoisotopic (exact) mass is 190 g/mol. The number of hydrogen-bond donors (Lipinski definition) is 1. The first kappa shape index (κ1) is 10.2. The van der Waals surface area contributed by atoms with Crippen molar-refractivity contribution in [1.82, 2.24) is 10.2 Å². The number of carbonyl (C=O) groups excluding carboxylic acids is 1. The first-order valence-electron chi connectivity index (χ1n) is 4.44. The van der Waals surface area contributed by atoms with E-state index in [0.29, 0.717) is 19.7 Å². The number of nitrogens with one attached hydrogen (secondary N) is 1. The highest BCUT2D eigenvalue weighted by atomic mass is 19.1. The highest BCUT2D eigenvalue weighted by Gasteiger charge is 2.20. The molecule has 1 heterocycles. The molecule has 13 heavy (non-hydrogen) atoms. The zero-order chi connectivity index (χ0) is 9.68. The molecule has 1 N–H and O–H groups in total. The maximum Gasteiger partial charge on any atom is 0.317 e. The Labute approximate surface area is 77.0 Å². The van der Waals surface area contributed by atoms with E-state index in [2.05, 4.69) is 5.32 Å². The molecule has 2 amide bonds. The minimum atomic E-state index is -0.522. The average Bonchev–Trinajstić information content (AvgIpc) is 2.14. The molecule has 1 saturated heterocycles. The molecule has 0 aromatic rings. The fourth-order valence-electron chi connectivity index (χ4n) is 1.27. The topological polar surface area (TPSA) is 41.6 Å². The number of rotatable bonds is 2. The summed E-state index contributed by atoms with van der Waals surface area (Å²) in [6, 6.07) is -0.201. The van der Waals surface area contributed by atoms with E-state index in [-0.39, 0.29) is 18.7 Å². The van der Waals surface area contributed by atoms with Crippen molar-refractivity contribution < 1.29 is 13.9 Å². The molecule has 0 bridgehead atoms. The van der Waals surface area contributed by atoms with Crippen molar-refractivity contribution in [2.75, 3.05) is 32.9 Å². The van der Waals surface area contributed by atoms with Gasteiger partial charge in [0.1, 0.15) is 6.67 Å². The Morgan fingerprint density at radius 1 is 1.77 bits per heavy atom. The average molecular weight is 190 g/mol. The van der Waals surface area contributed by atoms with Gasteiger partial charge in [0, 0.05) is 19.6 Å². The lowest BCUT2D eigenvalue weighted by atomic mass is 10.3. The quantitative estimate of drug-likeness (QED) is 0.684. The Morgan fingerprint density at radius 3 is 3.15 bits per heavy atom. The zero-order valence-corrected chi connectivity index (χ0v) is 7.75. The minimum absolute atomic E-state index is 0.0740. The fraction of sp³-hybridized carbons (Fsp3) is 0.875. The fourth-order valence-corrected chi connectivity index (χ4v) is 1.27. The Kier molecular flexibility index (Phi) is 3.95. The minimum Gasteiger partial charge on any atom is -0.375 e. The molecule has 0 spiro atoms. The number of urea groups is 1. The van der Waals surface area contributed by atoms with Crippen LogP contribution in [0.25, 0.3) is 0 Å². The van der Waals surface area contributed by atoms with Gasteiger partial charge < -0.3 is 15.0 Å². The van der Waals surface area contributed by atoms with Gasteiger partial charge in [-0.3, -0.25) is 0 Å². The molecule has 76 valence electrons. The molecule has 0 aromatic heterocycles. The molecule has 1 aliphatic heterocycles. The summed E-state index contributed by atoms with van der Waals surface area (Å²) in [5.41, 5.74) is 0. The standard InChI is InChI=1S/C8H15FN2O2/c1-7-6-11(4-5-13-7)8(12)10-3-2-9/h7H,2-6H2,1H3,(H,10,12). The van der Waals surface area contributed by atoms with Crippen LogP contribution in [0.15, 0.2) is 0 Å². The summed E-state index contributed by atoms with van der Waals surface area (Å²) >= 11 is 0. The first-order chi connectivity index (χ1) is 6.24. The van der Waals surface area contributed by atoms with Crippen LogP contribution in [-0.2, 0) is 4.74 Å². The van der Waals surface area contributed by atoms with Crippen LogP contribution >= 0.6 is 0 Å². The number of hydrogen-bond acceptors (Lipinski definition) is 2. The van der Waals surface area contributed by atoms with E-state index >= 15 is 0 Å². The van der Waals surface area contributed by atoms with Crippen LogP contribution in [0.3, 0.4) is 0 Å². The molecular weight excluding hydrogens is 175 g/mol. The van der Waals surface area contributed by atoms with E-state index in [4.69, 9.17) is 4.74 Å². The molecule has 0 radical (unpaired) electrons. The van der Waals surface area contributed by atoms with Crippen LogP contribution in [0.4, 0.5) is 9.18 Å². The van der Waals surface area contributed by atoms with Gasteiger partial charge in [0.15, 0.2) is 0 Å². The van der Waals surface area contributed by atoms with Gasteiger partial charge in [-0.25, -0.2) is 9.18 Å². The lowest BCUT2D eigenvalue weighted by molar-refractivity contribution is -0.00347. The van der Waals surface area contributed by atoms with E-state index in [1.54, 1.807) is 4.90 Å². The third kappa shape index (κ3) is 3.18. The molecule has 0 saturated carbocycles. The van der Waals surface area contributed by atoms with Crippen LogP contribution in [0.1, 0.15) is 6.92 Å². The SMILES string of the molecule is CC1CN(C(=O)NCCF)CCO1. The van der Waals surface area contributed by atoms with Crippen molar-refractivity contribution in [3.8, 4) is 0 Å². The number of amides is 2. The summed E-state index contributed by atoms with van der Waals surface area (Å²) in [4.78, 5) is 12.9. The van der Waals surface area contributed by atoms with Crippen LogP contribution in [0.5, 0.6) is 0 Å². The maximum absolute atomic E-state index is 11.7. The Morgan fingerprint density at radius 2 is 2.54 bits per heavy atom. The normalized spacial score (nSPS) is 22.9. The maximum atomic E-state index is 11.7. The van der Waals surface area contributed by atoms with E-state index in [9.17, 15) is 9.18 Å². The number of halogens is 1. The number of ether oxygens (including phenoxy) is 1. The van der Waals surface area contributed by atoms with Crippen LogP contribution in [0.2, 0.25) is 0 Å². The Balaban J connectivity index is 2.28. The lowest BCUT2D eigenvalue weighted by Crippen LogP contribution is -2.49. The number of morpholine rings is 1. The Bertz CT molecular complexity index is 178. The third-order valence-electron chi connectivity index (χ3n) is 1.90. The second-order valence-corrected chi connectivity index (χ2v) is 3.05. The van der Waals surface area contributed by atoms with Crippen LogP contribution in [0, 0.1) is 0 Å².